The summed E-state index contributed by atoms with van der Waals surface area (Å²) in [5.41, 5.74) is 3.52. The van der Waals surface area contributed by atoms with Crippen LogP contribution in [0.3, 0.4) is 0 Å². The van der Waals surface area contributed by atoms with E-state index in [1.54, 1.807) is 171 Å². The van der Waals surface area contributed by atoms with E-state index >= 15 is 0 Å². The van der Waals surface area contributed by atoms with Crippen molar-refractivity contribution in [2.45, 2.75) is 43.8 Å². The summed E-state index contributed by atoms with van der Waals surface area (Å²) in [6.07, 6.45) is 0.546. The van der Waals surface area contributed by atoms with Gasteiger partial charge in [0.1, 0.15) is 21.2 Å². The number of pyridine rings is 7. The van der Waals surface area contributed by atoms with Crippen molar-refractivity contribution >= 4 is 144 Å². The quantitative estimate of drug-likeness (QED) is 0.0561. The molecule has 0 amide bonds. The number of halogens is 6. The van der Waals surface area contributed by atoms with Crippen molar-refractivity contribution in [1.29, 1.82) is 0 Å². The zero-order chi connectivity index (χ0) is 81.8. The Kier molecular flexibility index (Phi) is 24.3. The van der Waals surface area contributed by atoms with Crippen molar-refractivity contribution in [3.05, 3.63) is 327 Å². The smallest absolute Gasteiger partial charge is 0.433 e. The van der Waals surface area contributed by atoms with Crippen LogP contribution in [0, 0.1) is 6.92 Å². The number of para-hydroxylation sites is 4. The molecule has 34 heteroatoms. The van der Waals surface area contributed by atoms with Gasteiger partial charge in [0.25, 0.3) is 50.1 Å². The fraction of sp³-hybridized carbons (Fsp3) is 0.0494. The lowest BCUT2D eigenvalue weighted by Crippen LogP contribution is -2.15. The normalized spacial score (nSPS) is 11.8. The van der Waals surface area contributed by atoms with Crippen molar-refractivity contribution in [3.8, 4) is 5.75 Å². The Morgan fingerprint density at radius 2 is 0.670 bits per heavy atom. The maximum Gasteiger partial charge on any atom is 0.433 e. The Labute approximate surface area is 655 Å². The molecule has 0 spiro atoms. The minimum absolute atomic E-state index is 0.00831. The first-order valence-corrected chi connectivity index (χ1v) is 41.4. The lowest BCUT2D eigenvalue weighted by atomic mass is 10.1. The van der Waals surface area contributed by atoms with Gasteiger partial charge in [-0.15, -0.1) is 0 Å². The fourth-order valence-electron chi connectivity index (χ4n) is 11.4. The van der Waals surface area contributed by atoms with Crippen LogP contribution in [-0.4, -0.2) is 84.1 Å². The number of hydrogen-bond donors (Lipinski definition) is 5. The van der Waals surface area contributed by atoms with Gasteiger partial charge in [-0.3, -0.25) is 58.5 Å². The number of benzene rings is 9. The van der Waals surface area contributed by atoms with E-state index in [0.717, 1.165) is 56.2 Å². The van der Waals surface area contributed by atoms with Gasteiger partial charge in [-0.1, -0.05) is 133 Å². The van der Waals surface area contributed by atoms with Crippen LogP contribution >= 0.6 is 0 Å². The summed E-state index contributed by atoms with van der Waals surface area (Å²) in [6.45, 7) is 1.97. The molecule has 0 radical (unpaired) electrons. The van der Waals surface area contributed by atoms with Crippen molar-refractivity contribution in [3.63, 3.8) is 0 Å². The molecule has 115 heavy (non-hydrogen) atoms. The Balaban J connectivity index is 0.000000133. The van der Waals surface area contributed by atoms with E-state index in [-0.39, 0.29) is 46.8 Å². The maximum absolute atomic E-state index is 13.1. The molecule has 23 nitrogen and oxygen atoms in total. The van der Waals surface area contributed by atoms with Crippen molar-refractivity contribution < 1.29 is 73.2 Å². The fourth-order valence-corrected chi connectivity index (χ4v) is 16.7. The standard InChI is InChI=1S/C18H13N3O2S.C16H11F3N2O2S.C16H14N2O3S.C16H14N2O2S.C15H10F3N3O2S/c22-24(23,15-11-14-5-1-2-8-16(14)20-12-15)21-17-9-3-6-13-7-4-10-19-18(13)17;17-16(18,19)13-8-9-14(15-12(13)7-4-10-20-15)21-24(22,23)11-5-2-1-3-6-11;1-21-15-10-11-17-16-13(15)8-5-9-14(16)18-22(19,20)12-6-3-2-4-7-12;1-12-9-10-15(16-14(12)8-5-11-17-16)18-21(19,20)13-6-3-2-4-7-13;16-15(17,18)13-7-6-11(9-20-13)24(22,23)21-12-5-1-3-10-4-2-8-19-14(10)12/h1-12,21H;1-10,21H;2-11,18H,1H3;2-11,18H,1H3;1-9,21H. The topological polar surface area (TPSA) is 330 Å². The highest BCUT2D eigenvalue weighted by Crippen LogP contribution is 2.38. The Morgan fingerprint density at radius 3 is 1.16 bits per heavy atom. The number of aromatic nitrogens is 7. The van der Waals surface area contributed by atoms with Gasteiger partial charge < -0.3 is 4.74 Å². The molecule has 0 unspecified atom stereocenters. The molecule has 0 atom stereocenters. The van der Waals surface area contributed by atoms with Gasteiger partial charge >= 0.3 is 12.4 Å². The Hall–Kier alpha value is -13.3. The van der Waals surface area contributed by atoms with Gasteiger partial charge in [0, 0.05) is 75.7 Å². The predicted octanol–water partition coefficient (Wildman–Crippen LogP) is 17.5. The van der Waals surface area contributed by atoms with Crippen LogP contribution in [0.5, 0.6) is 5.75 Å². The second-order valence-corrected chi connectivity index (χ2v) is 33.0. The van der Waals surface area contributed by atoms with Gasteiger partial charge in [-0.2, -0.15) is 26.3 Å². The van der Waals surface area contributed by atoms with Crippen LogP contribution in [0.2, 0.25) is 0 Å². The zero-order valence-electron chi connectivity index (χ0n) is 59.9. The molecule has 0 aliphatic heterocycles. The number of nitrogens with one attached hydrogen (secondary N) is 5. The average Bonchev–Trinajstić information content (AvgIpc) is 0.771. The summed E-state index contributed by atoms with van der Waals surface area (Å²) in [4.78, 5) is 28.4. The second kappa shape index (κ2) is 34.4. The highest BCUT2D eigenvalue weighted by molar-refractivity contribution is 7.94. The van der Waals surface area contributed by atoms with Crippen molar-refractivity contribution in [1.82, 2.24) is 34.9 Å². The van der Waals surface area contributed by atoms with Gasteiger partial charge in [-0.05, 0) is 146 Å². The first-order chi connectivity index (χ1) is 54.9. The van der Waals surface area contributed by atoms with E-state index < -0.39 is 73.7 Å². The molecular weight excluding hydrogens is 1590 g/mol. The van der Waals surface area contributed by atoms with Gasteiger partial charge in [0.05, 0.1) is 88.9 Å². The summed E-state index contributed by atoms with van der Waals surface area (Å²) in [7, 11) is -17.5. The van der Waals surface area contributed by atoms with Crippen LogP contribution in [0.25, 0.3) is 65.4 Å². The highest BCUT2D eigenvalue weighted by Gasteiger charge is 2.35. The van der Waals surface area contributed by atoms with Gasteiger partial charge in [-0.25, -0.2) is 42.1 Å². The number of ether oxygens (including phenoxy) is 1. The summed E-state index contributed by atoms with van der Waals surface area (Å²) in [5, 5.41) is 3.89. The molecule has 0 bridgehead atoms. The third kappa shape index (κ3) is 19.6. The third-order valence-corrected chi connectivity index (χ3v) is 23.7. The average molecular weight is 1650 g/mol. The molecular formula is C81H62F6N12O11S5. The first kappa shape index (κ1) is 81.2. The van der Waals surface area contributed by atoms with E-state index in [0.29, 0.717) is 57.1 Å². The SMILES string of the molecule is COc1ccnc2c(NS(=O)(=O)c3ccccc3)cccc12.Cc1ccc(NS(=O)(=O)c2ccccc2)c2ncccc12.O=S(=O)(Nc1ccc(C(F)(F)F)c2cccnc12)c1ccccc1.O=S(=O)(Nc1cccc2cccnc12)c1ccc(C(F)(F)F)nc1.O=S(=O)(Nc1cccc2cccnc12)c1cnc2ccccc2c1. The minimum atomic E-state index is -4.63. The molecule has 7 heterocycles. The minimum Gasteiger partial charge on any atom is -0.496 e. The lowest BCUT2D eigenvalue weighted by molar-refractivity contribution is -0.141. The summed E-state index contributed by atoms with van der Waals surface area (Å²) >= 11 is 0. The van der Waals surface area contributed by atoms with Crippen molar-refractivity contribution in [2.24, 2.45) is 0 Å². The molecule has 0 aliphatic rings. The largest absolute Gasteiger partial charge is 0.496 e. The molecule has 16 rings (SSSR count). The van der Waals surface area contributed by atoms with Crippen LogP contribution < -0.4 is 28.3 Å². The summed E-state index contributed by atoms with van der Waals surface area (Å²) < 4.78 is 219. The molecule has 0 fully saturated rings. The van der Waals surface area contributed by atoms with E-state index in [1.807, 2.05) is 73.7 Å². The van der Waals surface area contributed by atoms with Gasteiger partial charge in [0.2, 0.25) is 0 Å². The van der Waals surface area contributed by atoms with E-state index in [9.17, 15) is 68.4 Å². The number of nitrogens with zero attached hydrogens (tertiary/aromatic N) is 7. The number of fused-ring (bicyclic) bond motifs is 6. The van der Waals surface area contributed by atoms with Crippen LogP contribution in [0.15, 0.2) is 335 Å². The first-order valence-electron chi connectivity index (χ1n) is 33.9. The predicted molar refractivity (Wildman–Crippen MR) is 429 cm³/mol. The maximum atomic E-state index is 13.1. The molecule has 584 valence electrons. The van der Waals surface area contributed by atoms with E-state index in [2.05, 4.69) is 58.5 Å². The molecule has 9 aromatic carbocycles. The number of hydrogen-bond acceptors (Lipinski definition) is 18. The number of alkyl halides is 6. The second-order valence-electron chi connectivity index (χ2n) is 24.6. The van der Waals surface area contributed by atoms with Crippen LogP contribution in [0.1, 0.15) is 16.8 Å². The molecule has 0 aliphatic carbocycles. The number of sulfonamides is 5. The number of aryl methyl sites for hydroxylation is 1. The third-order valence-electron chi connectivity index (χ3n) is 16.9. The Morgan fingerprint density at radius 1 is 0.296 bits per heavy atom. The van der Waals surface area contributed by atoms with Crippen LogP contribution in [0.4, 0.5) is 54.8 Å². The number of methoxy groups -OCH3 is 1. The van der Waals surface area contributed by atoms with Crippen LogP contribution in [-0.2, 0) is 62.5 Å². The summed E-state index contributed by atoms with van der Waals surface area (Å²) in [6, 6.07) is 70.9. The Bertz CT molecular complexity index is 6840. The molecule has 0 saturated heterocycles. The monoisotopic (exact) mass is 1650 g/mol. The molecule has 5 N–H and O–H groups in total. The lowest BCUT2D eigenvalue weighted by Gasteiger charge is -2.14. The van der Waals surface area contributed by atoms with Crippen molar-refractivity contribution in [2.75, 3.05) is 30.7 Å². The van der Waals surface area contributed by atoms with Gasteiger partial charge in [0.15, 0.2) is 0 Å². The molecule has 16 aromatic rings. The highest BCUT2D eigenvalue weighted by atomic mass is 32.2. The number of anilines is 5. The number of rotatable bonds is 16. The summed E-state index contributed by atoms with van der Waals surface area (Å²) in [5.74, 6) is 0.644. The zero-order valence-corrected chi connectivity index (χ0v) is 64.0. The molecule has 7 aromatic heterocycles. The van der Waals surface area contributed by atoms with E-state index in [4.69, 9.17) is 4.74 Å². The van der Waals surface area contributed by atoms with E-state index in [1.165, 1.54) is 48.9 Å². The molecule has 0 saturated carbocycles.